The molecule has 1 N–H and O–H groups in total. The zero-order chi connectivity index (χ0) is 14.3. The maximum Gasteiger partial charge on any atom is 0.103 e. The third-order valence-corrected chi connectivity index (χ3v) is 5.46. The van der Waals surface area contributed by atoms with Crippen LogP contribution < -0.4 is 5.32 Å². The highest BCUT2D eigenvalue weighted by molar-refractivity contribution is 7.99. The second kappa shape index (κ2) is 8.95. The molecule has 1 aromatic rings. The van der Waals surface area contributed by atoms with Gasteiger partial charge in [-0.3, -0.25) is 0 Å². The second-order valence-corrected chi connectivity index (χ2v) is 7.57. The van der Waals surface area contributed by atoms with E-state index in [-0.39, 0.29) is 0 Å². The number of methoxy groups -OCH3 is 1. The van der Waals surface area contributed by atoms with Gasteiger partial charge in [0.25, 0.3) is 0 Å². The topological polar surface area (TPSA) is 34.1 Å². The Balaban J connectivity index is 2.64. The van der Waals surface area contributed by atoms with E-state index in [0.717, 1.165) is 18.0 Å². The number of rotatable bonds is 9. The van der Waals surface area contributed by atoms with E-state index in [1.165, 1.54) is 16.3 Å². The Morgan fingerprint density at radius 3 is 2.68 bits per heavy atom. The molecule has 0 radical (unpaired) electrons. The van der Waals surface area contributed by atoms with Crippen LogP contribution in [0.15, 0.2) is 0 Å². The lowest BCUT2D eigenvalue weighted by atomic mass is 10.3. The zero-order valence-corrected chi connectivity index (χ0v) is 14.3. The zero-order valence-electron chi connectivity index (χ0n) is 12.7. The standard InChI is InChI=1S/C14H26N2OS2/c1-6-11(4)18-9-14-16-12(8-17-5)13(19-14)7-15-10(2)3/h10-11,15H,6-9H2,1-5H3. The highest BCUT2D eigenvalue weighted by atomic mass is 32.2. The Kier molecular flexibility index (Phi) is 7.99. The van der Waals surface area contributed by atoms with Crippen molar-refractivity contribution in [3.8, 4) is 0 Å². The Labute approximate surface area is 125 Å². The quantitative estimate of drug-likeness (QED) is 0.752. The molecule has 0 fully saturated rings. The van der Waals surface area contributed by atoms with Crippen LogP contribution in [0.2, 0.25) is 0 Å². The van der Waals surface area contributed by atoms with Gasteiger partial charge >= 0.3 is 0 Å². The Morgan fingerprint density at radius 2 is 2.11 bits per heavy atom. The van der Waals surface area contributed by atoms with Crippen LogP contribution in [-0.4, -0.2) is 23.4 Å². The first-order chi connectivity index (χ1) is 9.06. The van der Waals surface area contributed by atoms with Crippen molar-refractivity contribution < 1.29 is 4.74 Å². The summed E-state index contributed by atoms with van der Waals surface area (Å²) in [5.74, 6) is 1.01. The van der Waals surface area contributed by atoms with Crippen LogP contribution >= 0.6 is 23.1 Å². The molecule has 3 nitrogen and oxygen atoms in total. The molecule has 110 valence electrons. The van der Waals surface area contributed by atoms with Gasteiger partial charge in [0.2, 0.25) is 0 Å². The van der Waals surface area contributed by atoms with Gasteiger partial charge in [0.15, 0.2) is 0 Å². The molecule has 0 aromatic carbocycles. The van der Waals surface area contributed by atoms with Crippen LogP contribution in [0.4, 0.5) is 0 Å². The molecule has 1 aromatic heterocycles. The van der Waals surface area contributed by atoms with Gasteiger partial charge in [-0.2, -0.15) is 11.8 Å². The molecule has 5 heteroatoms. The fourth-order valence-electron chi connectivity index (χ4n) is 1.51. The minimum Gasteiger partial charge on any atom is -0.378 e. The maximum absolute atomic E-state index is 5.25. The Hall–Kier alpha value is -0.100. The van der Waals surface area contributed by atoms with E-state index in [2.05, 4.69) is 33.0 Å². The lowest BCUT2D eigenvalue weighted by molar-refractivity contribution is 0.181. The van der Waals surface area contributed by atoms with Crippen molar-refractivity contribution in [2.24, 2.45) is 0 Å². The third kappa shape index (κ3) is 6.25. The molecule has 0 aliphatic carbocycles. The minimum absolute atomic E-state index is 0.496. The van der Waals surface area contributed by atoms with Crippen molar-refractivity contribution in [1.82, 2.24) is 10.3 Å². The van der Waals surface area contributed by atoms with E-state index in [1.807, 2.05) is 23.1 Å². The fraction of sp³-hybridized carbons (Fsp3) is 0.786. The summed E-state index contributed by atoms with van der Waals surface area (Å²) in [4.78, 5) is 6.03. The van der Waals surface area contributed by atoms with Crippen LogP contribution in [0.25, 0.3) is 0 Å². The lowest BCUT2D eigenvalue weighted by Gasteiger charge is -2.07. The van der Waals surface area contributed by atoms with Gasteiger partial charge in [-0.15, -0.1) is 11.3 Å². The Morgan fingerprint density at radius 1 is 1.37 bits per heavy atom. The predicted octanol–water partition coefficient (Wildman–Crippen LogP) is 3.82. The van der Waals surface area contributed by atoms with Gasteiger partial charge in [-0.05, 0) is 6.42 Å². The molecule has 0 bridgehead atoms. The molecule has 0 saturated heterocycles. The monoisotopic (exact) mass is 302 g/mol. The molecular formula is C14H26N2OS2. The van der Waals surface area contributed by atoms with Gasteiger partial charge in [-0.1, -0.05) is 27.7 Å². The molecule has 0 aliphatic heterocycles. The van der Waals surface area contributed by atoms with E-state index in [0.29, 0.717) is 17.9 Å². The fourth-order valence-corrected chi connectivity index (χ4v) is 3.50. The van der Waals surface area contributed by atoms with Crippen molar-refractivity contribution in [3.05, 3.63) is 15.6 Å². The number of hydrogen-bond acceptors (Lipinski definition) is 5. The van der Waals surface area contributed by atoms with Crippen molar-refractivity contribution in [1.29, 1.82) is 0 Å². The molecule has 1 heterocycles. The van der Waals surface area contributed by atoms with Crippen LogP contribution in [0.5, 0.6) is 0 Å². The van der Waals surface area contributed by atoms with Gasteiger partial charge < -0.3 is 10.1 Å². The highest BCUT2D eigenvalue weighted by Gasteiger charge is 2.12. The van der Waals surface area contributed by atoms with Crippen molar-refractivity contribution in [3.63, 3.8) is 0 Å². The minimum atomic E-state index is 0.496. The summed E-state index contributed by atoms with van der Waals surface area (Å²) in [5.41, 5.74) is 1.10. The van der Waals surface area contributed by atoms with Crippen molar-refractivity contribution in [2.45, 2.75) is 64.3 Å². The largest absolute Gasteiger partial charge is 0.378 e. The number of aromatic nitrogens is 1. The lowest BCUT2D eigenvalue weighted by Crippen LogP contribution is -2.21. The number of thiazole rings is 1. The molecule has 1 atom stereocenters. The highest BCUT2D eigenvalue weighted by Crippen LogP contribution is 2.26. The summed E-state index contributed by atoms with van der Waals surface area (Å²) in [7, 11) is 1.73. The van der Waals surface area contributed by atoms with Crippen LogP contribution in [0.1, 0.15) is 49.7 Å². The van der Waals surface area contributed by atoms with E-state index >= 15 is 0 Å². The van der Waals surface area contributed by atoms with Gasteiger partial charge in [-0.25, -0.2) is 4.98 Å². The number of thioether (sulfide) groups is 1. The first-order valence-corrected chi connectivity index (χ1v) is 8.74. The van der Waals surface area contributed by atoms with Gasteiger partial charge in [0, 0.05) is 35.6 Å². The molecule has 1 rings (SSSR count). The first-order valence-electron chi connectivity index (χ1n) is 6.88. The predicted molar refractivity (Wildman–Crippen MR) is 85.9 cm³/mol. The summed E-state index contributed by atoms with van der Waals surface area (Å²) in [6, 6.07) is 0.496. The summed E-state index contributed by atoms with van der Waals surface area (Å²) in [5, 5.41) is 5.38. The summed E-state index contributed by atoms with van der Waals surface area (Å²) in [6.07, 6.45) is 1.21. The molecular weight excluding hydrogens is 276 g/mol. The van der Waals surface area contributed by atoms with Crippen LogP contribution in [0, 0.1) is 0 Å². The third-order valence-electron chi connectivity index (χ3n) is 2.84. The number of hydrogen-bond donors (Lipinski definition) is 1. The molecule has 0 spiro atoms. The van der Waals surface area contributed by atoms with Crippen LogP contribution in [0.3, 0.4) is 0 Å². The normalized spacial score (nSPS) is 13.2. The average molecular weight is 303 g/mol. The van der Waals surface area contributed by atoms with E-state index in [4.69, 9.17) is 9.72 Å². The Bertz CT molecular complexity index is 366. The first kappa shape index (κ1) is 17.0. The second-order valence-electron chi connectivity index (χ2n) is 4.98. The summed E-state index contributed by atoms with van der Waals surface area (Å²) < 4.78 is 5.25. The van der Waals surface area contributed by atoms with Crippen LogP contribution in [-0.2, 0) is 23.6 Å². The molecule has 1 unspecified atom stereocenters. The van der Waals surface area contributed by atoms with E-state index < -0.39 is 0 Å². The van der Waals surface area contributed by atoms with Gasteiger partial charge in [0.05, 0.1) is 12.3 Å². The molecule has 19 heavy (non-hydrogen) atoms. The van der Waals surface area contributed by atoms with E-state index in [1.54, 1.807) is 7.11 Å². The smallest absolute Gasteiger partial charge is 0.103 e. The molecule has 0 aliphatic rings. The van der Waals surface area contributed by atoms with E-state index in [9.17, 15) is 0 Å². The van der Waals surface area contributed by atoms with Crippen molar-refractivity contribution in [2.75, 3.05) is 7.11 Å². The summed E-state index contributed by atoms with van der Waals surface area (Å²) in [6.45, 7) is 10.3. The number of nitrogens with one attached hydrogen (secondary N) is 1. The maximum atomic E-state index is 5.25. The number of nitrogens with zero attached hydrogens (tertiary/aromatic N) is 1. The molecule has 0 saturated carbocycles. The average Bonchev–Trinajstić information content (AvgIpc) is 2.76. The van der Waals surface area contributed by atoms with Gasteiger partial charge in [0.1, 0.15) is 5.01 Å². The SMILES string of the molecule is CCC(C)SCc1nc(COC)c(CNC(C)C)s1. The summed E-state index contributed by atoms with van der Waals surface area (Å²) >= 11 is 3.80. The molecule has 0 amide bonds. The van der Waals surface area contributed by atoms with Crippen molar-refractivity contribution >= 4 is 23.1 Å². The number of ether oxygens (including phenoxy) is 1.